The van der Waals surface area contributed by atoms with Gasteiger partial charge in [0.05, 0.1) is 33.7 Å². The Labute approximate surface area is 86.2 Å². The number of ether oxygens (including phenoxy) is 2. The maximum atomic E-state index is 10.8. The molecule has 0 saturated heterocycles. The fraction of sp³-hybridized carbons (Fsp3) is 0.900. The van der Waals surface area contributed by atoms with Crippen LogP contribution in [0.25, 0.3) is 0 Å². The lowest BCUT2D eigenvalue weighted by Crippen LogP contribution is -3.09. The summed E-state index contributed by atoms with van der Waals surface area (Å²) in [4.78, 5) is 12.1. The zero-order valence-electron chi connectivity index (χ0n) is 9.47. The zero-order chi connectivity index (χ0) is 10.8. The van der Waals surface area contributed by atoms with Crippen LogP contribution in [-0.2, 0) is 14.3 Å². The van der Waals surface area contributed by atoms with E-state index in [-0.39, 0.29) is 5.97 Å². The lowest BCUT2D eigenvalue weighted by atomic mass is 10.4. The number of hydrogen-bond acceptors (Lipinski definition) is 3. The minimum absolute atomic E-state index is 0.140. The molecule has 0 radical (unpaired) electrons. The van der Waals surface area contributed by atoms with Gasteiger partial charge in [0.15, 0.2) is 0 Å². The van der Waals surface area contributed by atoms with Crippen LogP contribution in [0, 0.1) is 0 Å². The van der Waals surface area contributed by atoms with Gasteiger partial charge in [0.2, 0.25) is 0 Å². The average Bonchev–Trinajstić information content (AvgIpc) is 2.21. The molecule has 0 heterocycles. The third-order valence-corrected chi connectivity index (χ3v) is 2.01. The van der Waals surface area contributed by atoms with E-state index >= 15 is 0 Å². The smallest absolute Gasteiger partial charge is 0.311 e. The highest BCUT2D eigenvalue weighted by molar-refractivity contribution is 5.69. The minimum Gasteiger partial charge on any atom is -0.469 e. The van der Waals surface area contributed by atoms with E-state index in [0.29, 0.717) is 6.42 Å². The van der Waals surface area contributed by atoms with E-state index in [1.165, 1.54) is 12.0 Å². The largest absolute Gasteiger partial charge is 0.469 e. The van der Waals surface area contributed by atoms with Crippen LogP contribution in [0.4, 0.5) is 0 Å². The molecule has 0 amide bonds. The lowest BCUT2D eigenvalue weighted by molar-refractivity contribution is -0.879. The molecule has 0 aromatic rings. The van der Waals surface area contributed by atoms with Crippen LogP contribution in [0.3, 0.4) is 0 Å². The van der Waals surface area contributed by atoms with E-state index in [0.717, 1.165) is 32.7 Å². The van der Waals surface area contributed by atoms with Crippen LogP contribution in [0.5, 0.6) is 0 Å². The molecule has 0 aliphatic heterocycles. The Kier molecular flexibility index (Phi) is 8.57. The number of rotatable bonds is 8. The van der Waals surface area contributed by atoms with Gasteiger partial charge in [-0.25, -0.2) is 0 Å². The Balaban J connectivity index is 3.27. The molecular formula is C10H22NO3+. The van der Waals surface area contributed by atoms with Gasteiger partial charge in [-0.05, 0) is 6.42 Å². The highest BCUT2D eigenvalue weighted by Gasteiger charge is 2.06. The predicted molar refractivity (Wildman–Crippen MR) is 54.4 cm³/mol. The number of methoxy groups -OCH3 is 1. The highest BCUT2D eigenvalue weighted by Crippen LogP contribution is 1.79. The van der Waals surface area contributed by atoms with Crippen molar-refractivity contribution in [2.75, 3.05) is 40.5 Å². The Morgan fingerprint density at radius 3 is 2.57 bits per heavy atom. The van der Waals surface area contributed by atoms with E-state index in [1.807, 2.05) is 0 Å². The molecule has 0 bridgehead atoms. The van der Waals surface area contributed by atoms with Crippen molar-refractivity contribution in [2.24, 2.45) is 0 Å². The normalized spacial score (nSPS) is 12.5. The van der Waals surface area contributed by atoms with Crippen molar-refractivity contribution in [3.63, 3.8) is 0 Å². The van der Waals surface area contributed by atoms with Crippen LogP contribution in [0.15, 0.2) is 0 Å². The van der Waals surface area contributed by atoms with Crippen molar-refractivity contribution in [3.05, 3.63) is 0 Å². The molecule has 0 aliphatic rings. The molecule has 84 valence electrons. The Morgan fingerprint density at radius 2 is 2.00 bits per heavy atom. The van der Waals surface area contributed by atoms with Crippen molar-refractivity contribution in [1.82, 2.24) is 0 Å². The molecule has 0 fully saturated rings. The van der Waals surface area contributed by atoms with Crippen molar-refractivity contribution in [2.45, 2.75) is 19.8 Å². The van der Waals surface area contributed by atoms with Gasteiger partial charge in [-0.3, -0.25) is 4.79 Å². The maximum Gasteiger partial charge on any atom is 0.311 e. The first-order valence-corrected chi connectivity index (χ1v) is 5.16. The van der Waals surface area contributed by atoms with Gasteiger partial charge >= 0.3 is 5.97 Å². The number of esters is 1. The van der Waals surface area contributed by atoms with Crippen molar-refractivity contribution >= 4 is 5.97 Å². The Bertz CT molecular complexity index is 150. The maximum absolute atomic E-state index is 10.8. The fourth-order valence-corrected chi connectivity index (χ4v) is 1.04. The first-order chi connectivity index (χ1) is 6.70. The van der Waals surface area contributed by atoms with Crippen LogP contribution in [0.1, 0.15) is 19.8 Å². The van der Waals surface area contributed by atoms with E-state index in [9.17, 15) is 4.79 Å². The molecular weight excluding hydrogens is 182 g/mol. The molecule has 4 heteroatoms. The number of hydrogen-bond donors (Lipinski definition) is 1. The molecule has 0 aromatic heterocycles. The van der Waals surface area contributed by atoms with E-state index < -0.39 is 0 Å². The summed E-state index contributed by atoms with van der Waals surface area (Å²) in [5, 5.41) is 0. The topological polar surface area (TPSA) is 40.0 Å². The molecule has 14 heavy (non-hydrogen) atoms. The van der Waals surface area contributed by atoms with E-state index in [4.69, 9.17) is 4.74 Å². The molecule has 4 nitrogen and oxygen atoms in total. The van der Waals surface area contributed by atoms with Gasteiger partial charge in [-0.15, -0.1) is 0 Å². The fourth-order valence-electron chi connectivity index (χ4n) is 1.04. The Hall–Kier alpha value is -0.610. The Morgan fingerprint density at radius 1 is 1.29 bits per heavy atom. The van der Waals surface area contributed by atoms with Crippen molar-refractivity contribution < 1.29 is 19.2 Å². The second-order valence-corrected chi connectivity index (χ2v) is 3.40. The lowest BCUT2D eigenvalue weighted by Gasteiger charge is -2.12. The summed E-state index contributed by atoms with van der Waals surface area (Å²) in [5.74, 6) is -0.140. The molecule has 1 N–H and O–H groups in total. The molecule has 0 aliphatic carbocycles. The summed E-state index contributed by atoms with van der Waals surface area (Å²) in [6, 6.07) is 0. The highest BCUT2D eigenvalue weighted by atomic mass is 16.5. The second-order valence-electron chi connectivity index (χ2n) is 3.40. The van der Waals surface area contributed by atoms with Gasteiger partial charge in [0, 0.05) is 6.61 Å². The van der Waals surface area contributed by atoms with Crippen LogP contribution in [-0.4, -0.2) is 46.4 Å². The SMILES string of the molecule is CCCOCC[NH+](C)CCC(=O)OC. The first-order valence-electron chi connectivity index (χ1n) is 5.16. The minimum atomic E-state index is -0.140. The monoisotopic (exact) mass is 204 g/mol. The zero-order valence-corrected chi connectivity index (χ0v) is 9.47. The summed E-state index contributed by atoms with van der Waals surface area (Å²) in [5.41, 5.74) is 0. The van der Waals surface area contributed by atoms with Crippen LogP contribution < -0.4 is 4.90 Å². The first kappa shape index (κ1) is 13.4. The van der Waals surface area contributed by atoms with Crippen LogP contribution in [0.2, 0.25) is 0 Å². The van der Waals surface area contributed by atoms with Crippen molar-refractivity contribution in [1.29, 1.82) is 0 Å². The molecule has 0 saturated carbocycles. The number of carbonyl (C=O) groups is 1. The molecule has 1 atom stereocenters. The predicted octanol–water partition coefficient (Wildman–Crippen LogP) is -0.509. The average molecular weight is 204 g/mol. The molecule has 0 rings (SSSR count). The van der Waals surface area contributed by atoms with Gasteiger partial charge < -0.3 is 14.4 Å². The summed E-state index contributed by atoms with van der Waals surface area (Å²) in [6.07, 6.45) is 1.54. The number of carbonyl (C=O) groups excluding carboxylic acids is 1. The second kappa shape index (κ2) is 8.97. The van der Waals surface area contributed by atoms with Gasteiger partial charge in [0.1, 0.15) is 6.54 Å². The quantitative estimate of drug-likeness (QED) is 0.428. The molecule has 0 aromatic carbocycles. The van der Waals surface area contributed by atoms with E-state index in [1.54, 1.807) is 0 Å². The number of likely N-dealkylation sites (N-methyl/N-ethyl adjacent to an activating group) is 1. The molecule has 0 spiro atoms. The van der Waals surface area contributed by atoms with E-state index in [2.05, 4.69) is 18.7 Å². The third-order valence-electron chi connectivity index (χ3n) is 2.01. The summed E-state index contributed by atoms with van der Waals surface area (Å²) in [7, 11) is 3.47. The van der Waals surface area contributed by atoms with Gasteiger partial charge in [-0.1, -0.05) is 6.92 Å². The summed E-state index contributed by atoms with van der Waals surface area (Å²) < 4.78 is 9.91. The third kappa shape index (κ3) is 8.01. The number of quaternary nitrogens is 1. The number of nitrogens with one attached hydrogen (secondary N) is 1. The van der Waals surface area contributed by atoms with Crippen molar-refractivity contribution in [3.8, 4) is 0 Å². The summed E-state index contributed by atoms with van der Waals surface area (Å²) >= 11 is 0. The molecule has 1 unspecified atom stereocenters. The van der Waals surface area contributed by atoms with Crippen LogP contribution >= 0.6 is 0 Å². The van der Waals surface area contributed by atoms with Gasteiger partial charge in [-0.2, -0.15) is 0 Å². The van der Waals surface area contributed by atoms with Gasteiger partial charge in [0.25, 0.3) is 0 Å². The summed E-state index contributed by atoms with van der Waals surface area (Å²) in [6.45, 7) is 5.43. The standard InChI is InChI=1S/C10H21NO3/c1-4-8-14-9-7-11(2)6-5-10(12)13-3/h4-9H2,1-3H3/p+1.